The van der Waals surface area contributed by atoms with Gasteiger partial charge < -0.3 is 15.4 Å². The smallest absolute Gasteiger partial charge is 0.238 e. The Labute approximate surface area is 127 Å². The van der Waals surface area contributed by atoms with E-state index in [1.54, 1.807) is 0 Å². The van der Waals surface area contributed by atoms with E-state index in [2.05, 4.69) is 26.6 Å². The molecular weight excluding hydrogens is 322 g/mol. The Morgan fingerprint density at radius 2 is 2.45 bits per heavy atom. The Morgan fingerprint density at radius 1 is 1.60 bits per heavy atom. The van der Waals surface area contributed by atoms with E-state index in [0.717, 1.165) is 36.4 Å². The van der Waals surface area contributed by atoms with Crippen molar-refractivity contribution in [2.24, 2.45) is 0 Å². The molecule has 1 heterocycles. The van der Waals surface area contributed by atoms with E-state index in [0.29, 0.717) is 6.54 Å². The van der Waals surface area contributed by atoms with Crippen LogP contribution in [0.3, 0.4) is 0 Å². The van der Waals surface area contributed by atoms with Crippen LogP contribution in [0.1, 0.15) is 0 Å². The lowest BCUT2D eigenvalue weighted by molar-refractivity contribution is -0.117. The maximum absolute atomic E-state index is 12.0. The van der Waals surface area contributed by atoms with Crippen molar-refractivity contribution in [3.8, 4) is 0 Å². The molecule has 0 bridgehead atoms. The van der Waals surface area contributed by atoms with Gasteiger partial charge in [0.1, 0.15) is 0 Å². The predicted octanol–water partition coefficient (Wildman–Crippen LogP) is 1.31. The van der Waals surface area contributed by atoms with Crippen LogP contribution >= 0.6 is 15.9 Å². The number of carbonyl (C=O) groups excluding carboxylic acids is 1. The second-order valence-electron chi connectivity index (χ2n) is 4.95. The standard InChI is InChI=1S/C14H20BrN3O2/c1-18(9-13-8-16-5-6-20-13)10-14(19)17-12-4-2-3-11(15)7-12/h2-4,7,13,16H,5-6,8-10H2,1H3,(H,17,19). The molecule has 110 valence electrons. The number of hydrogen-bond donors (Lipinski definition) is 2. The molecule has 6 heteroatoms. The van der Waals surface area contributed by atoms with Crippen LogP contribution in [0, 0.1) is 0 Å². The van der Waals surface area contributed by atoms with Gasteiger partial charge in [-0.3, -0.25) is 9.69 Å². The lowest BCUT2D eigenvalue weighted by atomic mass is 10.3. The Balaban J connectivity index is 1.75. The molecule has 2 N–H and O–H groups in total. The zero-order valence-corrected chi connectivity index (χ0v) is 13.1. The molecule has 0 spiro atoms. The highest BCUT2D eigenvalue weighted by Gasteiger charge is 2.16. The summed E-state index contributed by atoms with van der Waals surface area (Å²) in [5.41, 5.74) is 0.799. The monoisotopic (exact) mass is 341 g/mol. The van der Waals surface area contributed by atoms with E-state index < -0.39 is 0 Å². The molecular formula is C14H20BrN3O2. The Bertz CT molecular complexity index is 450. The first-order valence-corrected chi connectivity index (χ1v) is 7.49. The summed E-state index contributed by atoms with van der Waals surface area (Å²) in [6.45, 7) is 3.59. The Kier molecular flexibility index (Phi) is 5.97. The van der Waals surface area contributed by atoms with Crippen LogP contribution in [-0.4, -0.2) is 56.7 Å². The number of morpholine rings is 1. The molecule has 1 amide bonds. The largest absolute Gasteiger partial charge is 0.374 e. The van der Waals surface area contributed by atoms with Crippen LogP contribution in [0.4, 0.5) is 5.69 Å². The number of nitrogens with one attached hydrogen (secondary N) is 2. The van der Waals surface area contributed by atoms with Crippen molar-refractivity contribution in [3.05, 3.63) is 28.7 Å². The molecule has 1 unspecified atom stereocenters. The third kappa shape index (κ3) is 5.20. The molecule has 0 saturated carbocycles. The van der Waals surface area contributed by atoms with Crippen LogP contribution in [0.25, 0.3) is 0 Å². The van der Waals surface area contributed by atoms with Crippen LogP contribution in [0.2, 0.25) is 0 Å². The lowest BCUT2D eigenvalue weighted by Crippen LogP contribution is -2.45. The molecule has 1 atom stereocenters. The molecule has 1 aliphatic heterocycles. The quantitative estimate of drug-likeness (QED) is 0.847. The number of rotatable bonds is 5. The highest BCUT2D eigenvalue weighted by Crippen LogP contribution is 2.15. The highest BCUT2D eigenvalue weighted by molar-refractivity contribution is 9.10. The van der Waals surface area contributed by atoms with Gasteiger partial charge in [-0.15, -0.1) is 0 Å². The molecule has 0 aliphatic carbocycles. The molecule has 1 aromatic rings. The van der Waals surface area contributed by atoms with Crippen molar-refractivity contribution < 1.29 is 9.53 Å². The first-order chi connectivity index (χ1) is 9.63. The summed E-state index contributed by atoms with van der Waals surface area (Å²) >= 11 is 3.38. The second-order valence-corrected chi connectivity index (χ2v) is 5.87. The van der Waals surface area contributed by atoms with Gasteiger partial charge in [-0.05, 0) is 25.2 Å². The Hall–Kier alpha value is -0.950. The number of amides is 1. The number of carbonyl (C=O) groups is 1. The first kappa shape index (κ1) is 15.4. The maximum atomic E-state index is 12.0. The number of hydrogen-bond acceptors (Lipinski definition) is 4. The number of benzene rings is 1. The van der Waals surface area contributed by atoms with Gasteiger partial charge in [0, 0.05) is 29.8 Å². The molecule has 1 aliphatic rings. The second kappa shape index (κ2) is 7.73. The molecule has 0 aromatic heterocycles. The van der Waals surface area contributed by atoms with Crippen LogP contribution in [0.15, 0.2) is 28.7 Å². The van der Waals surface area contributed by atoms with E-state index in [4.69, 9.17) is 4.74 Å². The first-order valence-electron chi connectivity index (χ1n) is 6.70. The highest BCUT2D eigenvalue weighted by atomic mass is 79.9. The normalized spacial score (nSPS) is 19.1. The number of ether oxygens (including phenoxy) is 1. The van der Waals surface area contributed by atoms with E-state index in [1.807, 2.05) is 36.2 Å². The fraction of sp³-hybridized carbons (Fsp3) is 0.500. The predicted molar refractivity (Wildman–Crippen MR) is 82.9 cm³/mol. The van der Waals surface area contributed by atoms with Gasteiger partial charge >= 0.3 is 0 Å². The van der Waals surface area contributed by atoms with E-state index in [9.17, 15) is 4.79 Å². The van der Waals surface area contributed by atoms with Gasteiger partial charge in [0.05, 0.1) is 19.3 Å². The van der Waals surface area contributed by atoms with Crippen LogP contribution in [-0.2, 0) is 9.53 Å². The van der Waals surface area contributed by atoms with Crippen molar-refractivity contribution >= 4 is 27.5 Å². The van der Waals surface area contributed by atoms with Gasteiger partial charge in [-0.25, -0.2) is 0 Å². The number of halogens is 1. The summed E-state index contributed by atoms with van der Waals surface area (Å²) in [7, 11) is 1.93. The molecule has 20 heavy (non-hydrogen) atoms. The average molecular weight is 342 g/mol. The summed E-state index contributed by atoms with van der Waals surface area (Å²) in [6, 6.07) is 7.57. The van der Waals surface area contributed by atoms with Gasteiger partial charge in [0.2, 0.25) is 5.91 Å². The van der Waals surface area contributed by atoms with E-state index >= 15 is 0 Å². The minimum Gasteiger partial charge on any atom is -0.374 e. The fourth-order valence-corrected chi connectivity index (χ4v) is 2.56. The lowest BCUT2D eigenvalue weighted by Gasteiger charge is -2.27. The van der Waals surface area contributed by atoms with E-state index in [1.165, 1.54) is 0 Å². The zero-order valence-electron chi connectivity index (χ0n) is 11.6. The minimum absolute atomic E-state index is 0.0191. The third-order valence-electron chi connectivity index (χ3n) is 3.04. The van der Waals surface area contributed by atoms with Gasteiger partial charge in [0.25, 0.3) is 0 Å². The molecule has 0 radical (unpaired) electrons. The molecule has 2 rings (SSSR count). The Morgan fingerprint density at radius 3 is 3.15 bits per heavy atom. The van der Waals surface area contributed by atoms with Crippen molar-refractivity contribution in [1.29, 1.82) is 0 Å². The van der Waals surface area contributed by atoms with Gasteiger partial charge in [0.15, 0.2) is 0 Å². The molecule has 1 fully saturated rings. The number of likely N-dealkylation sites (N-methyl/N-ethyl adjacent to an activating group) is 1. The van der Waals surface area contributed by atoms with Crippen LogP contribution in [0.5, 0.6) is 0 Å². The summed E-state index contributed by atoms with van der Waals surface area (Å²) in [6.07, 6.45) is 0.160. The average Bonchev–Trinajstić information content (AvgIpc) is 2.39. The summed E-state index contributed by atoms with van der Waals surface area (Å²) in [5, 5.41) is 6.17. The molecule has 1 saturated heterocycles. The van der Waals surface area contributed by atoms with Crippen molar-refractivity contribution in [2.45, 2.75) is 6.10 Å². The van der Waals surface area contributed by atoms with Gasteiger partial charge in [-0.2, -0.15) is 0 Å². The SMILES string of the molecule is CN(CC(=O)Nc1cccc(Br)c1)CC1CNCCO1. The maximum Gasteiger partial charge on any atom is 0.238 e. The summed E-state index contributed by atoms with van der Waals surface area (Å²) in [4.78, 5) is 13.9. The zero-order chi connectivity index (χ0) is 14.4. The van der Waals surface area contributed by atoms with Crippen molar-refractivity contribution in [1.82, 2.24) is 10.2 Å². The topological polar surface area (TPSA) is 53.6 Å². The molecule has 5 nitrogen and oxygen atoms in total. The van der Waals surface area contributed by atoms with E-state index in [-0.39, 0.29) is 12.0 Å². The van der Waals surface area contributed by atoms with Crippen molar-refractivity contribution in [2.75, 3.05) is 45.2 Å². The number of nitrogens with zero attached hydrogens (tertiary/aromatic N) is 1. The van der Waals surface area contributed by atoms with Crippen LogP contribution < -0.4 is 10.6 Å². The summed E-state index contributed by atoms with van der Waals surface area (Å²) < 4.78 is 6.57. The minimum atomic E-state index is -0.0191. The number of anilines is 1. The molecule has 1 aromatic carbocycles. The van der Waals surface area contributed by atoms with Crippen molar-refractivity contribution in [3.63, 3.8) is 0 Å². The fourth-order valence-electron chi connectivity index (χ4n) is 2.16. The summed E-state index contributed by atoms with van der Waals surface area (Å²) in [5.74, 6) is -0.0191. The van der Waals surface area contributed by atoms with Gasteiger partial charge in [-0.1, -0.05) is 22.0 Å². The third-order valence-corrected chi connectivity index (χ3v) is 3.53.